The standard InChI is InChI=1S/C21H25NO4/c1-16(15-24-2)25-19-6-5-7-20(14-19)26-18-10-8-17(9-11-18)21(23)22-12-3-4-13-22/h5-11,14,16H,3-4,12-13,15H2,1-2H3/t16-/m0/s1. The van der Waals surface area contributed by atoms with Gasteiger partial charge < -0.3 is 19.1 Å². The number of carbonyl (C=O) groups excluding carboxylic acids is 1. The molecule has 2 aromatic carbocycles. The first kappa shape index (κ1) is 18.3. The van der Waals surface area contributed by atoms with Crippen molar-refractivity contribution in [2.24, 2.45) is 0 Å². The zero-order chi connectivity index (χ0) is 18.4. The van der Waals surface area contributed by atoms with Gasteiger partial charge in [-0.2, -0.15) is 0 Å². The molecule has 0 unspecified atom stereocenters. The summed E-state index contributed by atoms with van der Waals surface area (Å²) in [5, 5.41) is 0. The SMILES string of the molecule is COC[C@H](C)Oc1cccc(Oc2ccc(C(=O)N3CCCC3)cc2)c1. The van der Waals surface area contributed by atoms with Gasteiger partial charge in [-0.3, -0.25) is 4.79 Å². The van der Waals surface area contributed by atoms with Crippen LogP contribution in [0.4, 0.5) is 0 Å². The third-order valence-electron chi connectivity index (χ3n) is 4.27. The summed E-state index contributed by atoms with van der Waals surface area (Å²) in [4.78, 5) is 14.3. The lowest BCUT2D eigenvalue weighted by Gasteiger charge is -2.16. The third kappa shape index (κ3) is 4.76. The molecule has 0 radical (unpaired) electrons. The summed E-state index contributed by atoms with van der Waals surface area (Å²) in [5.74, 6) is 2.19. The number of benzene rings is 2. The van der Waals surface area contributed by atoms with Crippen molar-refractivity contribution >= 4 is 5.91 Å². The number of hydrogen-bond donors (Lipinski definition) is 0. The number of nitrogens with zero attached hydrogens (tertiary/aromatic N) is 1. The van der Waals surface area contributed by atoms with Gasteiger partial charge in [0.1, 0.15) is 23.4 Å². The van der Waals surface area contributed by atoms with Gasteiger partial charge in [0.2, 0.25) is 0 Å². The summed E-state index contributed by atoms with van der Waals surface area (Å²) >= 11 is 0. The van der Waals surface area contributed by atoms with Crippen LogP contribution in [0.15, 0.2) is 48.5 Å². The molecule has 1 saturated heterocycles. The van der Waals surface area contributed by atoms with Gasteiger partial charge in [0.25, 0.3) is 5.91 Å². The van der Waals surface area contributed by atoms with Crippen molar-refractivity contribution in [2.45, 2.75) is 25.9 Å². The fourth-order valence-corrected chi connectivity index (χ4v) is 3.02. The van der Waals surface area contributed by atoms with Crippen molar-refractivity contribution in [1.82, 2.24) is 4.90 Å². The van der Waals surface area contributed by atoms with E-state index in [2.05, 4.69) is 0 Å². The number of hydrogen-bond acceptors (Lipinski definition) is 4. The third-order valence-corrected chi connectivity index (χ3v) is 4.27. The maximum absolute atomic E-state index is 12.4. The van der Waals surface area contributed by atoms with Crippen molar-refractivity contribution < 1.29 is 19.0 Å². The second kappa shape index (κ2) is 8.72. The molecule has 138 valence electrons. The maximum Gasteiger partial charge on any atom is 0.253 e. The van der Waals surface area contributed by atoms with E-state index >= 15 is 0 Å². The van der Waals surface area contributed by atoms with Gasteiger partial charge in [-0.05, 0) is 56.2 Å². The van der Waals surface area contributed by atoms with E-state index in [0.717, 1.165) is 31.7 Å². The van der Waals surface area contributed by atoms with E-state index in [1.54, 1.807) is 7.11 Å². The molecule has 0 aliphatic carbocycles. The average molecular weight is 355 g/mol. The fourth-order valence-electron chi connectivity index (χ4n) is 3.02. The first-order chi connectivity index (χ1) is 12.7. The predicted molar refractivity (Wildman–Crippen MR) is 100 cm³/mol. The van der Waals surface area contributed by atoms with Crippen molar-refractivity contribution in [3.05, 3.63) is 54.1 Å². The molecule has 1 atom stereocenters. The highest BCUT2D eigenvalue weighted by atomic mass is 16.5. The van der Waals surface area contributed by atoms with E-state index in [9.17, 15) is 4.79 Å². The number of likely N-dealkylation sites (tertiary alicyclic amines) is 1. The van der Waals surface area contributed by atoms with E-state index < -0.39 is 0 Å². The Morgan fingerprint density at radius 3 is 2.42 bits per heavy atom. The van der Waals surface area contributed by atoms with Crippen molar-refractivity contribution in [3.63, 3.8) is 0 Å². The largest absolute Gasteiger partial charge is 0.488 e. The molecular weight excluding hydrogens is 330 g/mol. The summed E-state index contributed by atoms with van der Waals surface area (Å²) in [6, 6.07) is 14.8. The number of rotatable bonds is 7. The normalized spacial score (nSPS) is 14.9. The Morgan fingerprint density at radius 1 is 1.04 bits per heavy atom. The smallest absolute Gasteiger partial charge is 0.253 e. The Labute approximate surface area is 154 Å². The van der Waals surface area contributed by atoms with Crippen LogP contribution in [0.25, 0.3) is 0 Å². The van der Waals surface area contributed by atoms with Gasteiger partial charge in [0, 0.05) is 31.8 Å². The molecule has 26 heavy (non-hydrogen) atoms. The maximum atomic E-state index is 12.4. The van der Waals surface area contributed by atoms with Crippen molar-refractivity contribution in [3.8, 4) is 17.2 Å². The lowest BCUT2D eigenvalue weighted by molar-refractivity contribution is 0.0793. The van der Waals surface area contributed by atoms with Gasteiger partial charge in [-0.15, -0.1) is 0 Å². The molecule has 0 spiro atoms. The molecule has 5 nitrogen and oxygen atoms in total. The van der Waals surface area contributed by atoms with Gasteiger partial charge in [0.15, 0.2) is 0 Å². The lowest BCUT2D eigenvalue weighted by Crippen LogP contribution is -2.27. The van der Waals surface area contributed by atoms with Crippen LogP contribution in [-0.2, 0) is 4.74 Å². The van der Waals surface area contributed by atoms with E-state index in [-0.39, 0.29) is 12.0 Å². The second-order valence-corrected chi connectivity index (χ2v) is 6.48. The van der Waals surface area contributed by atoms with E-state index in [4.69, 9.17) is 14.2 Å². The summed E-state index contributed by atoms with van der Waals surface area (Å²) in [5.41, 5.74) is 0.699. The molecular formula is C21H25NO4. The molecule has 1 heterocycles. The minimum atomic E-state index is -0.0360. The Bertz CT molecular complexity index is 723. The van der Waals surface area contributed by atoms with Crippen LogP contribution in [0, 0.1) is 0 Å². The lowest BCUT2D eigenvalue weighted by atomic mass is 10.2. The fraction of sp³-hybridized carbons (Fsp3) is 0.381. The highest BCUT2D eigenvalue weighted by Gasteiger charge is 2.19. The minimum absolute atomic E-state index is 0.0360. The number of ether oxygens (including phenoxy) is 3. The van der Waals surface area contributed by atoms with Gasteiger partial charge >= 0.3 is 0 Å². The van der Waals surface area contributed by atoms with Crippen LogP contribution in [0.2, 0.25) is 0 Å². The molecule has 0 bridgehead atoms. The topological polar surface area (TPSA) is 48.0 Å². The molecule has 0 N–H and O–H groups in total. The molecule has 1 amide bonds. The highest BCUT2D eigenvalue weighted by Crippen LogP contribution is 2.26. The highest BCUT2D eigenvalue weighted by molar-refractivity contribution is 5.94. The predicted octanol–water partition coefficient (Wildman–Crippen LogP) is 4.13. The summed E-state index contributed by atoms with van der Waals surface area (Å²) in [7, 11) is 1.65. The van der Waals surface area contributed by atoms with Crippen molar-refractivity contribution in [2.75, 3.05) is 26.8 Å². The summed E-state index contributed by atoms with van der Waals surface area (Å²) in [6.45, 7) is 4.18. The second-order valence-electron chi connectivity index (χ2n) is 6.48. The Balaban J connectivity index is 1.62. The van der Waals surface area contributed by atoms with E-state index in [1.165, 1.54) is 0 Å². The van der Waals surface area contributed by atoms with Crippen LogP contribution in [0.3, 0.4) is 0 Å². The number of amides is 1. The molecule has 0 aromatic heterocycles. The zero-order valence-corrected chi connectivity index (χ0v) is 15.3. The van der Waals surface area contributed by atoms with Crippen LogP contribution >= 0.6 is 0 Å². The molecule has 1 aliphatic heterocycles. The van der Waals surface area contributed by atoms with Gasteiger partial charge in [-0.25, -0.2) is 0 Å². The quantitative estimate of drug-likeness (QED) is 0.749. The molecule has 0 saturated carbocycles. The Kier molecular flexibility index (Phi) is 6.12. The van der Waals surface area contributed by atoms with Crippen molar-refractivity contribution in [1.29, 1.82) is 0 Å². The summed E-state index contributed by atoms with van der Waals surface area (Å²) < 4.78 is 16.8. The zero-order valence-electron chi connectivity index (χ0n) is 15.3. The van der Waals surface area contributed by atoms with E-state index in [0.29, 0.717) is 23.7 Å². The summed E-state index contributed by atoms with van der Waals surface area (Å²) in [6.07, 6.45) is 2.15. The monoisotopic (exact) mass is 355 g/mol. The van der Waals surface area contributed by atoms with Crippen LogP contribution in [0.5, 0.6) is 17.2 Å². The molecule has 1 fully saturated rings. The van der Waals surface area contributed by atoms with E-state index in [1.807, 2.05) is 60.4 Å². The van der Waals surface area contributed by atoms with Gasteiger partial charge in [0.05, 0.1) is 6.61 Å². The van der Waals surface area contributed by atoms with Crippen LogP contribution in [-0.4, -0.2) is 43.7 Å². The molecule has 5 heteroatoms. The first-order valence-electron chi connectivity index (χ1n) is 8.98. The minimum Gasteiger partial charge on any atom is -0.488 e. The number of carbonyl (C=O) groups is 1. The number of methoxy groups -OCH3 is 1. The average Bonchev–Trinajstić information content (AvgIpc) is 3.17. The Morgan fingerprint density at radius 2 is 1.73 bits per heavy atom. The van der Waals surface area contributed by atoms with Crippen LogP contribution < -0.4 is 9.47 Å². The first-order valence-corrected chi connectivity index (χ1v) is 8.98. The molecule has 1 aliphatic rings. The van der Waals surface area contributed by atoms with Gasteiger partial charge in [-0.1, -0.05) is 6.07 Å². The molecule has 2 aromatic rings. The molecule has 3 rings (SSSR count). The van der Waals surface area contributed by atoms with Crippen LogP contribution in [0.1, 0.15) is 30.1 Å². The Hall–Kier alpha value is -2.53.